The summed E-state index contributed by atoms with van der Waals surface area (Å²) in [4.78, 5) is 59.8. The van der Waals surface area contributed by atoms with Crippen LogP contribution in [0.2, 0.25) is 0 Å². The van der Waals surface area contributed by atoms with Gasteiger partial charge in [-0.25, -0.2) is 14.4 Å². The van der Waals surface area contributed by atoms with Crippen molar-refractivity contribution in [1.82, 2.24) is 0 Å². The molecule has 0 bridgehead atoms. The summed E-state index contributed by atoms with van der Waals surface area (Å²) in [6.07, 6.45) is -3.85. The Labute approximate surface area is 251 Å². The number of esters is 3. The fraction of sp³-hybridized carbons (Fsp3) is 0.750. The van der Waals surface area contributed by atoms with Crippen molar-refractivity contribution in [3.63, 3.8) is 0 Å². The van der Waals surface area contributed by atoms with Crippen LogP contribution < -0.4 is 10.2 Å². The van der Waals surface area contributed by atoms with Crippen molar-refractivity contribution in [3.05, 3.63) is 0 Å². The predicted molar refractivity (Wildman–Crippen MR) is 137 cm³/mol. The van der Waals surface area contributed by atoms with Crippen LogP contribution in [0.1, 0.15) is 75.2 Å². The molecule has 0 spiro atoms. The molecule has 0 aromatic heterocycles. The first-order valence-corrected chi connectivity index (χ1v) is 11.4. The van der Waals surface area contributed by atoms with Crippen molar-refractivity contribution in [3.8, 4) is 0 Å². The van der Waals surface area contributed by atoms with Crippen LogP contribution in [-0.2, 0) is 43.0 Å². The van der Waals surface area contributed by atoms with E-state index in [0.717, 1.165) is 13.8 Å². The molecule has 40 heavy (non-hydrogen) atoms. The molecule has 232 valence electrons. The van der Waals surface area contributed by atoms with Crippen molar-refractivity contribution < 1.29 is 73.6 Å². The number of carbonyl (C=O) groups excluding carboxylic acids is 6. The van der Waals surface area contributed by atoms with Gasteiger partial charge in [-0.05, 0) is 48.5 Å². The molecular weight excluding hydrogens is 553 g/mol. The number of hydrogen-bond donors (Lipinski definition) is 4. The van der Waals surface area contributed by atoms with E-state index >= 15 is 0 Å². The molecule has 1 heterocycles. The van der Waals surface area contributed by atoms with Gasteiger partial charge in [0.15, 0.2) is 18.3 Å². The molecular formula is C24H44MgO15. The van der Waals surface area contributed by atoms with Gasteiger partial charge in [0.1, 0.15) is 11.9 Å². The van der Waals surface area contributed by atoms with Gasteiger partial charge < -0.3 is 54.4 Å². The summed E-state index contributed by atoms with van der Waals surface area (Å²) in [5, 5.41) is 53.2. The molecule has 1 aliphatic rings. The first-order chi connectivity index (χ1) is 17.3. The Morgan fingerprint density at radius 1 is 0.925 bits per heavy atom. The third-order valence-corrected chi connectivity index (χ3v) is 3.31. The van der Waals surface area contributed by atoms with Gasteiger partial charge in [-0.3, -0.25) is 4.79 Å². The molecule has 0 aromatic rings. The van der Waals surface area contributed by atoms with Gasteiger partial charge in [0, 0.05) is 31.2 Å². The van der Waals surface area contributed by atoms with Gasteiger partial charge >= 0.3 is 41.0 Å². The minimum atomic E-state index is -1.30. The van der Waals surface area contributed by atoms with Gasteiger partial charge in [0.2, 0.25) is 0 Å². The number of aliphatic hydroxyl groups excluding tert-OH is 4. The van der Waals surface area contributed by atoms with Crippen molar-refractivity contribution in [2.75, 3.05) is 13.2 Å². The van der Waals surface area contributed by atoms with Gasteiger partial charge in [0.05, 0.1) is 19.3 Å². The van der Waals surface area contributed by atoms with Gasteiger partial charge in [-0.2, -0.15) is 0 Å². The van der Waals surface area contributed by atoms with Crippen LogP contribution in [0.25, 0.3) is 0 Å². The molecule has 1 aliphatic heterocycles. The molecule has 0 aliphatic carbocycles. The van der Waals surface area contributed by atoms with Crippen LogP contribution >= 0.6 is 0 Å². The molecule has 15 nitrogen and oxygen atoms in total. The molecule has 0 saturated carbocycles. The second-order valence-corrected chi connectivity index (χ2v) is 7.51. The Hall–Kier alpha value is -2.37. The fourth-order valence-electron chi connectivity index (χ4n) is 1.99. The Kier molecular flexibility index (Phi) is 39.3. The third-order valence-electron chi connectivity index (χ3n) is 3.31. The molecule has 1 fully saturated rings. The zero-order valence-corrected chi connectivity index (χ0v) is 24.8. The number of carbonyl (C=O) groups is 6. The van der Waals surface area contributed by atoms with Crippen molar-refractivity contribution in [1.29, 1.82) is 0 Å². The number of Topliss-reactive ketones (excluding diaryl/α,β-unsaturated/α-hetero) is 1. The number of cyclic esters (lactones) is 1. The van der Waals surface area contributed by atoms with E-state index in [1.807, 2.05) is 0 Å². The number of hydrogen-bond acceptors (Lipinski definition) is 15. The van der Waals surface area contributed by atoms with E-state index < -0.39 is 54.3 Å². The van der Waals surface area contributed by atoms with Gasteiger partial charge in [-0.15, -0.1) is 0 Å². The Morgan fingerprint density at radius 2 is 1.27 bits per heavy atom. The van der Waals surface area contributed by atoms with E-state index in [9.17, 15) is 19.2 Å². The smallest absolute Gasteiger partial charge is 0.550 e. The first-order valence-electron chi connectivity index (χ1n) is 11.4. The summed E-state index contributed by atoms with van der Waals surface area (Å²) in [5.41, 5.74) is 0. The minimum absolute atomic E-state index is 0. The molecule has 16 heteroatoms. The minimum Gasteiger partial charge on any atom is -0.550 e. The summed E-state index contributed by atoms with van der Waals surface area (Å²) >= 11 is 0. The average Bonchev–Trinajstić information content (AvgIpc) is 3.02. The van der Waals surface area contributed by atoms with Gasteiger partial charge in [0.25, 0.3) is 0 Å². The van der Waals surface area contributed by atoms with Crippen molar-refractivity contribution in [2.45, 2.75) is 106 Å². The number of rotatable bonds is 8. The number of carboxylic acids is 2. The van der Waals surface area contributed by atoms with E-state index in [0.29, 0.717) is 6.42 Å². The molecule has 5 atom stereocenters. The summed E-state index contributed by atoms with van der Waals surface area (Å²) in [7, 11) is 0. The number of aliphatic carboxylic acids is 2. The monoisotopic (exact) mass is 596 g/mol. The largest absolute Gasteiger partial charge is 2.00 e. The third kappa shape index (κ3) is 42.7. The maximum atomic E-state index is 10.7. The second-order valence-electron chi connectivity index (χ2n) is 7.51. The maximum absolute atomic E-state index is 10.7. The topological polar surface area (TPSA) is 257 Å². The van der Waals surface area contributed by atoms with E-state index in [1.54, 1.807) is 20.8 Å². The molecule has 1 unspecified atom stereocenters. The van der Waals surface area contributed by atoms with E-state index in [2.05, 4.69) is 14.2 Å². The Balaban J connectivity index is -0.0000000940. The Bertz CT molecular complexity index is 692. The van der Waals surface area contributed by atoms with Gasteiger partial charge in [-0.1, -0.05) is 7.43 Å². The van der Waals surface area contributed by atoms with E-state index in [-0.39, 0.29) is 68.4 Å². The number of ketones is 1. The van der Waals surface area contributed by atoms with Crippen molar-refractivity contribution >= 4 is 58.7 Å². The van der Waals surface area contributed by atoms with Crippen LogP contribution in [0, 0.1) is 0 Å². The summed E-state index contributed by atoms with van der Waals surface area (Å²) < 4.78 is 13.6. The second kappa shape index (κ2) is 31.2. The van der Waals surface area contributed by atoms with E-state index in [1.165, 1.54) is 13.8 Å². The normalized spacial score (nSPS) is 16.4. The average molecular weight is 597 g/mol. The van der Waals surface area contributed by atoms with Crippen LogP contribution in [0.3, 0.4) is 0 Å². The molecule has 0 amide bonds. The SMILES string of the molecule is C.CC(=O)[O-].CC(=O)[O-].CCOC(=O)C(O)CC(C)=O.CCOC(=O)[C@@H](O)C[C@@H](C)O.C[C@@H]1C[C@@H](O)C(=O)O1.[Mg+2]. The Morgan fingerprint density at radius 3 is 1.48 bits per heavy atom. The molecule has 0 aromatic carbocycles. The molecule has 1 rings (SSSR count). The zero-order chi connectivity index (χ0) is 31.0. The first kappa shape index (κ1) is 50.5. The number of aliphatic hydroxyl groups is 4. The molecule has 4 N–H and O–H groups in total. The number of ether oxygens (including phenoxy) is 3. The van der Waals surface area contributed by atoms with Crippen LogP contribution in [0.4, 0.5) is 0 Å². The maximum Gasteiger partial charge on any atom is 2.00 e. The molecule has 0 radical (unpaired) electrons. The standard InChI is InChI=1S/C7H14O4.C7H12O4.C5H8O3.2C2H4O2.CH4.Mg/c2*1-3-11-7(10)6(9)4-5(2)8;1-3-2-4(6)5(7)8-3;2*1-2(3)4;;/h5-6,8-9H,3-4H2,1-2H3;6,9H,3-4H2,1-2H3;3-4,6H,2H2,1H3;2*1H3,(H,3,4);1H4;/q;;;;;;+2/p-2/t5-,6+;;3-,4-;;;;/m1.1..../s1. The van der Waals surface area contributed by atoms with Crippen molar-refractivity contribution in [2.24, 2.45) is 0 Å². The van der Waals surface area contributed by atoms with Crippen LogP contribution in [-0.4, -0.2) is 123 Å². The van der Waals surface area contributed by atoms with Crippen LogP contribution in [0.5, 0.6) is 0 Å². The summed E-state index contributed by atoms with van der Waals surface area (Å²) in [6.45, 7) is 10.3. The molecule has 1 saturated heterocycles. The number of carboxylic acid groups (broad SMARTS) is 2. The predicted octanol–water partition coefficient (Wildman–Crippen LogP) is -2.98. The quantitative estimate of drug-likeness (QED) is 0.124. The fourth-order valence-corrected chi connectivity index (χ4v) is 1.99. The van der Waals surface area contributed by atoms with E-state index in [4.69, 9.17) is 40.2 Å². The van der Waals surface area contributed by atoms with Crippen LogP contribution in [0.15, 0.2) is 0 Å². The summed E-state index contributed by atoms with van der Waals surface area (Å²) in [5.74, 6) is -4.29. The zero-order valence-electron chi connectivity index (χ0n) is 23.4. The summed E-state index contributed by atoms with van der Waals surface area (Å²) in [6, 6.07) is 0.